The van der Waals surface area contributed by atoms with Gasteiger partial charge in [-0.05, 0) is 49.5 Å². The number of nitrogens with zero attached hydrogens (tertiary/aromatic N) is 2. The highest BCUT2D eigenvalue weighted by Crippen LogP contribution is 2.37. The number of benzene rings is 2. The quantitative estimate of drug-likeness (QED) is 0.603. The van der Waals surface area contributed by atoms with Crippen LogP contribution >= 0.6 is 22.9 Å². The highest BCUT2D eigenvalue weighted by atomic mass is 35.5. The predicted octanol–water partition coefficient (Wildman–Crippen LogP) is 3.75. The number of piperazine rings is 1. The second-order valence-corrected chi connectivity index (χ2v) is 10.7. The van der Waals surface area contributed by atoms with Gasteiger partial charge in [0.05, 0.1) is 17.0 Å². The summed E-state index contributed by atoms with van der Waals surface area (Å²) in [4.78, 5) is 15.5. The fourth-order valence-corrected chi connectivity index (χ4v) is 6.26. The molecule has 0 atom stereocenters. The number of anilines is 1. The third-order valence-electron chi connectivity index (χ3n) is 5.26. The van der Waals surface area contributed by atoms with Crippen LogP contribution in [0.1, 0.15) is 9.67 Å². The number of hydrogen-bond acceptors (Lipinski definition) is 6. The molecule has 3 aromatic rings. The predicted molar refractivity (Wildman–Crippen MR) is 124 cm³/mol. The topological polar surface area (TPSA) is 78.9 Å². The molecule has 164 valence electrons. The summed E-state index contributed by atoms with van der Waals surface area (Å²) in [5.41, 5.74) is 0.494. The van der Waals surface area contributed by atoms with E-state index in [-0.39, 0.29) is 10.8 Å². The first-order valence-electron chi connectivity index (χ1n) is 9.66. The van der Waals surface area contributed by atoms with Gasteiger partial charge in [-0.2, -0.15) is 4.31 Å². The summed E-state index contributed by atoms with van der Waals surface area (Å²) in [7, 11) is 0.00343. The summed E-state index contributed by atoms with van der Waals surface area (Å²) in [6.07, 6.45) is 0. The van der Waals surface area contributed by atoms with E-state index in [4.69, 9.17) is 16.3 Å². The number of ether oxygens (including phenoxy) is 1. The van der Waals surface area contributed by atoms with Crippen molar-refractivity contribution in [2.24, 2.45) is 0 Å². The average molecular weight is 480 g/mol. The van der Waals surface area contributed by atoms with Crippen molar-refractivity contribution in [3.05, 3.63) is 52.4 Å². The van der Waals surface area contributed by atoms with Gasteiger partial charge in [-0.15, -0.1) is 11.3 Å². The zero-order valence-corrected chi connectivity index (χ0v) is 19.5. The monoisotopic (exact) mass is 479 g/mol. The Labute approximate surface area is 190 Å². The van der Waals surface area contributed by atoms with Gasteiger partial charge in [0.1, 0.15) is 10.6 Å². The summed E-state index contributed by atoms with van der Waals surface area (Å²) in [6.45, 7) is 2.34. The molecule has 4 rings (SSSR count). The van der Waals surface area contributed by atoms with Gasteiger partial charge < -0.3 is 15.0 Å². The average Bonchev–Trinajstić information content (AvgIpc) is 3.10. The molecule has 10 heteroatoms. The Morgan fingerprint density at radius 3 is 2.42 bits per heavy atom. The molecule has 1 aliphatic rings. The second-order valence-electron chi connectivity index (χ2n) is 7.29. The minimum absolute atomic E-state index is 0.210. The summed E-state index contributed by atoms with van der Waals surface area (Å²) in [6, 6.07) is 11.7. The van der Waals surface area contributed by atoms with Crippen LogP contribution in [0.15, 0.2) is 47.4 Å². The first kappa shape index (κ1) is 22.0. The largest absolute Gasteiger partial charge is 0.497 e. The van der Waals surface area contributed by atoms with Crippen LogP contribution in [0.4, 0.5) is 5.69 Å². The molecule has 0 saturated carbocycles. The minimum atomic E-state index is -3.55. The Hall–Kier alpha value is -2.17. The highest BCUT2D eigenvalue weighted by molar-refractivity contribution is 7.89. The van der Waals surface area contributed by atoms with E-state index in [9.17, 15) is 13.2 Å². The number of amides is 1. The number of thiophene rings is 1. The lowest BCUT2D eigenvalue weighted by molar-refractivity contribution is 0.103. The number of rotatable bonds is 5. The fourth-order valence-electron chi connectivity index (χ4n) is 3.39. The molecule has 0 bridgehead atoms. The van der Waals surface area contributed by atoms with E-state index in [1.165, 1.54) is 27.8 Å². The summed E-state index contributed by atoms with van der Waals surface area (Å²) >= 11 is 7.69. The summed E-state index contributed by atoms with van der Waals surface area (Å²) in [5.74, 6) is 0.342. The highest BCUT2D eigenvalue weighted by Gasteiger charge is 2.27. The van der Waals surface area contributed by atoms with E-state index < -0.39 is 10.0 Å². The molecule has 1 amide bonds. The number of fused-ring (bicyclic) bond motifs is 1. The minimum Gasteiger partial charge on any atom is -0.497 e. The van der Waals surface area contributed by atoms with Crippen molar-refractivity contribution in [2.45, 2.75) is 4.90 Å². The van der Waals surface area contributed by atoms with E-state index in [0.717, 1.165) is 10.1 Å². The van der Waals surface area contributed by atoms with Crippen LogP contribution in [-0.2, 0) is 10.0 Å². The second kappa shape index (κ2) is 8.76. The number of nitrogens with one attached hydrogen (secondary N) is 1. The van der Waals surface area contributed by atoms with Crippen molar-refractivity contribution in [3.8, 4) is 5.75 Å². The van der Waals surface area contributed by atoms with Gasteiger partial charge in [0.15, 0.2) is 0 Å². The van der Waals surface area contributed by atoms with E-state index in [1.54, 1.807) is 25.3 Å². The van der Waals surface area contributed by atoms with Crippen molar-refractivity contribution >= 4 is 54.6 Å². The first-order chi connectivity index (χ1) is 14.8. The van der Waals surface area contributed by atoms with Crippen LogP contribution in [0, 0.1) is 0 Å². The molecule has 2 heterocycles. The molecule has 0 spiro atoms. The lowest BCUT2D eigenvalue weighted by atomic mass is 10.2. The smallest absolute Gasteiger partial charge is 0.267 e. The van der Waals surface area contributed by atoms with Crippen molar-refractivity contribution < 1.29 is 17.9 Å². The zero-order valence-electron chi connectivity index (χ0n) is 17.1. The summed E-state index contributed by atoms with van der Waals surface area (Å²) in [5, 5.41) is 3.96. The Bertz CT molecular complexity index is 1220. The molecule has 2 aromatic carbocycles. The lowest BCUT2D eigenvalue weighted by Crippen LogP contribution is -2.46. The van der Waals surface area contributed by atoms with Crippen LogP contribution in [0.5, 0.6) is 5.75 Å². The van der Waals surface area contributed by atoms with Crippen molar-refractivity contribution in [3.63, 3.8) is 0 Å². The maximum absolute atomic E-state index is 12.8. The van der Waals surface area contributed by atoms with Gasteiger partial charge in [-0.25, -0.2) is 8.42 Å². The van der Waals surface area contributed by atoms with Crippen LogP contribution in [0.3, 0.4) is 0 Å². The van der Waals surface area contributed by atoms with Crippen LogP contribution in [-0.4, -0.2) is 63.9 Å². The van der Waals surface area contributed by atoms with Gasteiger partial charge in [0, 0.05) is 42.0 Å². The Morgan fingerprint density at radius 2 is 1.77 bits per heavy atom. The molecule has 31 heavy (non-hydrogen) atoms. The van der Waals surface area contributed by atoms with Gasteiger partial charge in [0.2, 0.25) is 10.0 Å². The number of carbonyl (C=O) groups is 1. The number of sulfonamides is 1. The van der Waals surface area contributed by atoms with E-state index in [1.807, 2.05) is 19.2 Å². The van der Waals surface area contributed by atoms with Gasteiger partial charge in [-0.1, -0.05) is 11.6 Å². The molecule has 0 unspecified atom stereocenters. The molecule has 1 aliphatic heterocycles. The van der Waals surface area contributed by atoms with Gasteiger partial charge >= 0.3 is 0 Å². The molecule has 1 aromatic heterocycles. The summed E-state index contributed by atoms with van der Waals surface area (Å²) < 4.78 is 33.2. The number of halogens is 1. The maximum Gasteiger partial charge on any atom is 0.267 e. The third kappa shape index (κ3) is 4.42. The van der Waals surface area contributed by atoms with Crippen LogP contribution < -0.4 is 10.1 Å². The first-order valence-corrected chi connectivity index (χ1v) is 12.3. The van der Waals surface area contributed by atoms with Crippen LogP contribution in [0.2, 0.25) is 5.02 Å². The molecule has 0 radical (unpaired) electrons. The molecular formula is C21H22ClN3O4S2. The molecule has 7 nitrogen and oxygen atoms in total. The number of methoxy groups -OCH3 is 1. The Balaban J connectivity index is 1.51. The SMILES string of the molecule is COc1ccc2c(Cl)c(C(=O)Nc3ccc(S(=O)(=O)N4CCN(C)CC4)cc3)sc2c1. The molecule has 1 N–H and O–H groups in total. The number of carbonyl (C=O) groups excluding carboxylic acids is 1. The fraction of sp³-hybridized carbons (Fsp3) is 0.286. The Kier molecular flexibility index (Phi) is 6.23. The number of likely N-dealkylation sites (N-methyl/N-ethyl adjacent to an activating group) is 1. The lowest BCUT2D eigenvalue weighted by Gasteiger charge is -2.31. The van der Waals surface area contributed by atoms with Crippen molar-refractivity contribution in [1.82, 2.24) is 9.21 Å². The van der Waals surface area contributed by atoms with Gasteiger partial charge in [-0.3, -0.25) is 4.79 Å². The van der Waals surface area contributed by atoms with Gasteiger partial charge in [0.25, 0.3) is 5.91 Å². The zero-order chi connectivity index (χ0) is 22.2. The third-order valence-corrected chi connectivity index (χ3v) is 8.82. The van der Waals surface area contributed by atoms with E-state index >= 15 is 0 Å². The Morgan fingerprint density at radius 1 is 1.10 bits per heavy atom. The van der Waals surface area contributed by atoms with Crippen LogP contribution in [0.25, 0.3) is 10.1 Å². The molecule has 0 aliphatic carbocycles. The number of hydrogen-bond donors (Lipinski definition) is 1. The van der Waals surface area contributed by atoms with E-state index in [0.29, 0.717) is 47.5 Å². The van der Waals surface area contributed by atoms with Crippen molar-refractivity contribution in [1.29, 1.82) is 0 Å². The molecule has 1 fully saturated rings. The molecule has 1 saturated heterocycles. The normalized spacial score (nSPS) is 15.8. The molecular weight excluding hydrogens is 458 g/mol. The standard InChI is InChI=1S/C21H22ClN3O4S2/c1-24-9-11-25(12-10-24)31(27,28)16-6-3-14(4-7-16)23-21(26)20-19(22)17-8-5-15(29-2)13-18(17)30-20/h3-8,13H,9-12H2,1-2H3,(H,23,26). The maximum atomic E-state index is 12.8. The van der Waals surface area contributed by atoms with Crippen molar-refractivity contribution in [2.75, 3.05) is 45.7 Å². The van der Waals surface area contributed by atoms with E-state index in [2.05, 4.69) is 10.2 Å².